The predicted octanol–water partition coefficient (Wildman–Crippen LogP) is 3.07. The van der Waals surface area contributed by atoms with Gasteiger partial charge in [-0.1, -0.05) is 19.3 Å². The third-order valence-electron chi connectivity index (χ3n) is 6.19. The minimum Gasteiger partial charge on any atom is -0.396 e. The second-order valence-electron chi connectivity index (χ2n) is 8.30. The van der Waals surface area contributed by atoms with Crippen LogP contribution >= 0.6 is 0 Å². The number of aliphatic hydroxyl groups excluding tert-OH is 1. The smallest absolute Gasteiger partial charge is 0.191 e. The van der Waals surface area contributed by atoms with Crippen molar-refractivity contribution in [1.29, 1.82) is 0 Å². The standard InChI is InChI=1S/C22H37N5O/c1-2-23-21(26-18-22(11-15-28)9-4-3-5-10-22)25-17-19-8-12-24-20(16-19)27-13-6-7-14-27/h8,12,16,28H,2-7,9-11,13-15,17-18H2,1H3,(H2,23,25,26). The van der Waals surface area contributed by atoms with E-state index in [-0.39, 0.29) is 12.0 Å². The van der Waals surface area contributed by atoms with E-state index >= 15 is 0 Å². The Morgan fingerprint density at radius 1 is 1.18 bits per heavy atom. The van der Waals surface area contributed by atoms with E-state index in [1.807, 2.05) is 6.20 Å². The molecule has 28 heavy (non-hydrogen) atoms. The first-order valence-corrected chi connectivity index (χ1v) is 11.1. The highest BCUT2D eigenvalue weighted by Gasteiger charge is 2.31. The van der Waals surface area contributed by atoms with Gasteiger partial charge in [0.2, 0.25) is 0 Å². The molecule has 1 saturated heterocycles. The van der Waals surface area contributed by atoms with Gasteiger partial charge in [-0.15, -0.1) is 0 Å². The molecule has 0 atom stereocenters. The fourth-order valence-electron chi connectivity index (χ4n) is 4.52. The molecule has 156 valence electrons. The molecular formula is C22H37N5O. The highest BCUT2D eigenvalue weighted by molar-refractivity contribution is 5.79. The van der Waals surface area contributed by atoms with Gasteiger partial charge in [-0.2, -0.15) is 0 Å². The number of guanidine groups is 1. The second-order valence-corrected chi connectivity index (χ2v) is 8.30. The number of aromatic nitrogens is 1. The molecule has 2 heterocycles. The van der Waals surface area contributed by atoms with Gasteiger partial charge in [0.1, 0.15) is 5.82 Å². The second kappa shape index (κ2) is 10.6. The number of pyridine rings is 1. The van der Waals surface area contributed by atoms with E-state index in [0.717, 1.165) is 44.4 Å². The summed E-state index contributed by atoms with van der Waals surface area (Å²) in [5.74, 6) is 1.94. The van der Waals surface area contributed by atoms with Crippen molar-refractivity contribution in [2.45, 2.75) is 64.8 Å². The van der Waals surface area contributed by atoms with Crippen LogP contribution in [0, 0.1) is 5.41 Å². The van der Waals surface area contributed by atoms with Crippen LogP contribution in [0.4, 0.5) is 5.82 Å². The van der Waals surface area contributed by atoms with Crippen LogP contribution in [-0.4, -0.2) is 48.8 Å². The van der Waals surface area contributed by atoms with Crippen LogP contribution in [0.2, 0.25) is 0 Å². The highest BCUT2D eigenvalue weighted by Crippen LogP contribution is 2.38. The normalized spacial score (nSPS) is 19.6. The maximum atomic E-state index is 9.54. The molecule has 2 fully saturated rings. The van der Waals surface area contributed by atoms with E-state index in [0.29, 0.717) is 6.54 Å². The van der Waals surface area contributed by atoms with Gasteiger partial charge >= 0.3 is 0 Å². The number of anilines is 1. The molecule has 3 rings (SSSR count). The Labute approximate surface area is 169 Å². The van der Waals surface area contributed by atoms with Gasteiger partial charge in [0, 0.05) is 39.0 Å². The van der Waals surface area contributed by atoms with E-state index in [2.05, 4.69) is 39.6 Å². The Morgan fingerprint density at radius 3 is 2.68 bits per heavy atom. The first-order valence-electron chi connectivity index (χ1n) is 11.1. The van der Waals surface area contributed by atoms with Gasteiger partial charge < -0.3 is 20.6 Å². The van der Waals surface area contributed by atoms with Crippen molar-refractivity contribution >= 4 is 11.8 Å². The van der Waals surface area contributed by atoms with Crippen LogP contribution in [0.3, 0.4) is 0 Å². The number of nitrogens with zero attached hydrogens (tertiary/aromatic N) is 3. The molecule has 0 spiro atoms. The summed E-state index contributed by atoms with van der Waals surface area (Å²) in [5, 5.41) is 16.5. The number of rotatable bonds is 8. The number of nitrogens with one attached hydrogen (secondary N) is 2. The third kappa shape index (κ3) is 5.84. The topological polar surface area (TPSA) is 72.8 Å². The summed E-state index contributed by atoms with van der Waals surface area (Å²) in [6.45, 7) is 6.95. The molecule has 1 aromatic rings. The molecule has 1 aliphatic heterocycles. The van der Waals surface area contributed by atoms with Crippen LogP contribution in [-0.2, 0) is 6.54 Å². The summed E-state index contributed by atoms with van der Waals surface area (Å²) in [5.41, 5.74) is 1.40. The first-order chi connectivity index (χ1) is 13.7. The van der Waals surface area contributed by atoms with Gasteiger partial charge in [0.25, 0.3) is 0 Å². The van der Waals surface area contributed by atoms with Gasteiger partial charge in [0.05, 0.1) is 6.54 Å². The fourth-order valence-corrected chi connectivity index (χ4v) is 4.52. The van der Waals surface area contributed by atoms with E-state index in [1.54, 1.807) is 0 Å². The van der Waals surface area contributed by atoms with Gasteiger partial charge in [-0.25, -0.2) is 9.98 Å². The van der Waals surface area contributed by atoms with Crippen LogP contribution in [0.25, 0.3) is 0 Å². The Balaban J connectivity index is 1.61. The van der Waals surface area contributed by atoms with E-state index in [4.69, 9.17) is 4.99 Å². The number of aliphatic imine (C=N–C) groups is 1. The number of aliphatic hydroxyl groups is 1. The van der Waals surface area contributed by atoms with Gasteiger partial charge in [-0.05, 0) is 62.1 Å². The minimum atomic E-state index is 0.211. The Morgan fingerprint density at radius 2 is 1.96 bits per heavy atom. The summed E-state index contributed by atoms with van der Waals surface area (Å²) in [7, 11) is 0. The maximum Gasteiger partial charge on any atom is 0.191 e. The summed E-state index contributed by atoms with van der Waals surface area (Å²) in [6.07, 6.45) is 11.6. The van der Waals surface area contributed by atoms with E-state index < -0.39 is 0 Å². The summed E-state index contributed by atoms with van der Waals surface area (Å²) in [6, 6.07) is 4.23. The molecule has 1 saturated carbocycles. The monoisotopic (exact) mass is 387 g/mol. The molecule has 6 heteroatoms. The third-order valence-corrected chi connectivity index (χ3v) is 6.19. The zero-order valence-corrected chi connectivity index (χ0v) is 17.4. The van der Waals surface area contributed by atoms with Crippen LogP contribution < -0.4 is 15.5 Å². The maximum absolute atomic E-state index is 9.54. The lowest BCUT2D eigenvalue weighted by Gasteiger charge is -2.37. The van der Waals surface area contributed by atoms with Crippen molar-refractivity contribution in [3.63, 3.8) is 0 Å². The Kier molecular flexibility index (Phi) is 7.95. The summed E-state index contributed by atoms with van der Waals surface area (Å²) in [4.78, 5) is 11.7. The van der Waals surface area contributed by atoms with E-state index in [1.165, 1.54) is 50.5 Å². The first kappa shape index (κ1) is 20.9. The fraction of sp³-hybridized carbons (Fsp3) is 0.727. The lowest BCUT2D eigenvalue weighted by Crippen LogP contribution is -2.44. The van der Waals surface area contributed by atoms with Crippen LogP contribution in [0.5, 0.6) is 0 Å². The summed E-state index contributed by atoms with van der Waals surface area (Å²) < 4.78 is 0. The Hall–Kier alpha value is -1.82. The highest BCUT2D eigenvalue weighted by atomic mass is 16.3. The molecule has 1 aromatic heterocycles. The quantitative estimate of drug-likeness (QED) is 0.472. The molecule has 6 nitrogen and oxygen atoms in total. The average Bonchev–Trinajstić information content (AvgIpc) is 3.26. The zero-order valence-electron chi connectivity index (χ0n) is 17.4. The van der Waals surface area contributed by atoms with Crippen LogP contribution in [0.1, 0.15) is 63.9 Å². The molecule has 3 N–H and O–H groups in total. The molecule has 0 amide bonds. The summed E-state index contributed by atoms with van der Waals surface area (Å²) >= 11 is 0. The molecule has 0 bridgehead atoms. The van der Waals surface area contributed by atoms with Crippen molar-refractivity contribution in [2.75, 3.05) is 37.7 Å². The van der Waals surface area contributed by atoms with Gasteiger partial charge in [-0.3, -0.25) is 0 Å². The van der Waals surface area contributed by atoms with Crippen molar-refractivity contribution < 1.29 is 5.11 Å². The molecular weight excluding hydrogens is 350 g/mol. The van der Waals surface area contributed by atoms with Crippen molar-refractivity contribution in [2.24, 2.45) is 10.4 Å². The molecule has 0 aromatic carbocycles. The number of hydrogen-bond acceptors (Lipinski definition) is 4. The van der Waals surface area contributed by atoms with E-state index in [9.17, 15) is 5.11 Å². The molecule has 2 aliphatic rings. The lowest BCUT2D eigenvalue weighted by molar-refractivity contribution is 0.131. The molecule has 1 aliphatic carbocycles. The number of hydrogen-bond donors (Lipinski definition) is 3. The minimum absolute atomic E-state index is 0.211. The predicted molar refractivity (Wildman–Crippen MR) is 116 cm³/mol. The largest absolute Gasteiger partial charge is 0.396 e. The zero-order chi connectivity index (χ0) is 19.7. The average molecular weight is 388 g/mol. The van der Waals surface area contributed by atoms with Crippen molar-refractivity contribution in [3.05, 3.63) is 23.9 Å². The SMILES string of the molecule is CCNC(=NCc1ccnc(N2CCCC2)c1)NCC1(CCO)CCCCC1. The van der Waals surface area contributed by atoms with Crippen molar-refractivity contribution in [3.8, 4) is 0 Å². The van der Waals surface area contributed by atoms with Crippen LogP contribution in [0.15, 0.2) is 23.3 Å². The van der Waals surface area contributed by atoms with Crippen molar-refractivity contribution in [1.82, 2.24) is 15.6 Å². The van der Waals surface area contributed by atoms with Gasteiger partial charge in [0.15, 0.2) is 5.96 Å². The Bertz CT molecular complexity index is 616. The molecule has 0 radical (unpaired) electrons. The molecule has 0 unspecified atom stereocenters. The lowest BCUT2D eigenvalue weighted by atomic mass is 9.72.